The fraction of sp³-hybridized carbons (Fsp3) is 0.280. The summed E-state index contributed by atoms with van der Waals surface area (Å²) < 4.78 is 64.1. The van der Waals surface area contributed by atoms with E-state index in [2.05, 4.69) is 15.0 Å². The number of rotatable bonds is 3. The predicted molar refractivity (Wildman–Crippen MR) is 124 cm³/mol. The van der Waals surface area contributed by atoms with Crippen LogP contribution >= 0.6 is 0 Å². The number of halogens is 4. The number of ether oxygens (including phenoxy) is 1. The second-order valence-corrected chi connectivity index (χ2v) is 8.75. The minimum absolute atomic E-state index is 0.00729. The Labute approximate surface area is 203 Å². The third-order valence-corrected chi connectivity index (χ3v) is 6.15. The van der Waals surface area contributed by atoms with Crippen LogP contribution in [0.2, 0.25) is 0 Å². The summed E-state index contributed by atoms with van der Waals surface area (Å²) in [6.07, 6.45) is -1.75. The van der Waals surface area contributed by atoms with Crippen molar-refractivity contribution >= 4 is 11.5 Å². The Hall–Kier alpha value is -3.86. The second kappa shape index (κ2) is 8.66. The van der Waals surface area contributed by atoms with Crippen molar-refractivity contribution in [1.82, 2.24) is 19.4 Å². The number of aryl methyl sites for hydroxylation is 2. The summed E-state index contributed by atoms with van der Waals surface area (Å²) in [5, 5.41) is 0. The molecule has 7 nitrogen and oxygen atoms in total. The van der Waals surface area contributed by atoms with Crippen LogP contribution in [0.25, 0.3) is 16.9 Å². The van der Waals surface area contributed by atoms with Crippen LogP contribution < -0.4 is 10.5 Å². The normalized spacial score (nSPS) is 17.5. The van der Waals surface area contributed by atoms with Crippen LogP contribution in [0.1, 0.15) is 28.6 Å². The van der Waals surface area contributed by atoms with E-state index in [4.69, 9.17) is 4.74 Å². The molecule has 0 bridgehead atoms. The Morgan fingerprint density at radius 2 is 1.86 bits per heavy atom. The number of benzene rings is 1. The topological polar surface area (TPSA) is 72.6 Å². The number of hydrogen-bond donors (Lipinski definition) is 0. The van der Waals surface area contributed by atoms with Gasteiger partial charge in [-0.25, -0.2) is 18.7 Å². The lowest BCUT2D eigenvalue weighted by atomic mass is 10.1. The SMILES string of the molecule is Cc1cc(C2CN(c3cn4c(=O)c(C)c(C)nc4c(-c4ccc(F)cc4F)n3)CC(F)(F)O2)ccn1. The first-order valence-corrected chi connectivity index (χ1v) is 11.1. The third kappa shape index (κ3) is 4.30. The molecule has 1 aliphatic rings. The molecule has 1 fully saturated rings. The summed E-state index contributed by atoms with van der Waals surface area (Å²) in [6, 6.07) is 6.15. The van der Waals surface area contributed by atoms with Gasteiger partial charge in [-0.05, 0) is 50.6 Å². The lowest BCUT2D eigenvalue weighted by Crippen LogP contribution is -2.48. The molecule has 4 heterocycles. The number of pyridine rings is 1. The van der Waals surface area contributed by atoms with E-state index in [-0.39, 0.29) is 29.3 Å². The molecule has 0 N–H and O–H groups in total. The van der Waals surface area contributed by atoms with Gasteiger partial charge in [-0.15, -0.1) is 0 Å². The smallest absolute Gasteiger partial charge is 0.344 e. The molecule has 5 rings (SSSR count). The Bertz CT molecular complexity index is 1560. The average Bonchev–Trinajstić information content (AvgIpc) is 2.81. The van der Waals surface area contributed by atoms with E-state index in [0.29, 0.717) is 28.6 Å². The van der Waals surface area contributed by atoms with Gasteiger partial charge in [-0.3, -0.25) is 14.2 Å². The molecule has 36 heavy (non-hydrogen) atoms. The van der Waals surface area contributed by atoms with E-state index in [0.717, 1.165) is 10.5 Å². The molecule has 1 aliphatic heterocycles. The van der Waals surface area contributed by atoms with Crippen molar-refractivity contribution in [2.45, 2.75) is 33.0 Å². The standard InChI is InChI=1S/C25H21F4N5O2/c1-13-8-16(6-7-30-13)20-10-33(12-25(28,29)36-20)21-11-34-23(31-15(3)14(2)24(34)35)22(32-21)18-5-4-17(26)9-19(18)27/h4-9,11,20H,10,12H2,1-3H3. The first-order valence-electron chi connectivity index (χ1n) is 11.1. The monoisotopic (exact) mass is 499 g/mol. The Morgan fingerprint density at radius 3 is 2.58 bits per heavy atom. The van der Waals surface area contributed by atoms with Crippen molar-refractivity contribution in [2.24, 2.45) is 0 Å². The van der Waals surface area contributed by atoms with Gasteiger partial charge in [0.05, 0.1) is 12.7 Å². The molecule has 1 atom stereocenters. The maximum absolute atomic E-state index is 14.8. The minimum atomic E-state index is -3.54. The van der Waals surface area contributed by atoms with Gasteiger partial charge >= 0.3 is 6.11 Å². The quantitative estimate of drug-likeness (QED) is 0.386. The van der Waals surface area contributed by atoms with Crippen molar-refractivity contribution in [2.75, 3.05) is 18.0 Å². The van der Waals surface area contributed by atoms with Gasteiger partial charge in [0, 0.05) is 34.8 Å². The number of alkyl halides is 2. The third-order valence-electron chi connectivity index (χ3n) is 6.15. The van der Waals surface area contributed by atoms with E-state index in [1.54, 1.807) is 32.9 Å². The maximum atomic E-state index is 14.8. The molecule has 0 radical (unpaired) electrons. The highest BCUT2D eigenvalue weighted by Gasteiger charge is 2.43. The van der Waals surface area contributed by atoms with Crippen LogP contribution in [-0.2, 0) is 4.74 Å². The highest BCUT2D eigenvalue weighted by molar-refractivity contribution is 5.76. The van der Waals surface area contributed by atoms with E-state index in [1.165, 1.54) is 23.4 Å². The molecule has 186 valence electrons. The molecule has 1 aromatic carbocycles. The van der Waals surface area contributed by atoms with E-state index in [9.17, 15) is 22.4 Å². The lowest BCUT2D eigenvalue weighted by Gasteiger charge is -2.38. The molecule has 1 saturated heterocycles. The molecule has 0 spiro atoms. The first-order chi connectivity index (χ1) is 17.0. The molecular weight excluding hydrogens is 478 g/mol. The van der Waals surface area contributed by atoms with Crippen molar-refractivity contribution in [1.29, 1.82) is 0 Å². The fourth-order valence-corrected chi connectivity index (χ4v) is 4.22. The number of aromatic nitrogens is 4. The van der Waals surface area contributed by atoms with Crippen LogP contribution in [0, 0.1) is 32.4 Å². The molecule has 0 saturated carbocycles. The largest absolute Gasteiger partial charge is 0.373 e. The van der Waals surface area contributed by atoms with E-state index >= 15 is 0 Å². The average molecular weight is 499 g/mol. The number of nitrogens with zero attached hydrogens (tertiary/aromatic N) is 5. The van der Waals surface area contributed by atoms with Gasteiger partial charge in [-0.2, -0.15) is 8.78 Å². The summed E-state index contributed by atoms with van der Waals surface area (Å²) in [5.74, 6) is -1.73. The molecular formula is C25H21F4N5O2. The second-order valence-electron chi connectivity index (χ2n) is 8.75. The molecule has 0 aliphatic carbocycles. The van der Waals surface area contributed by atoms with E-state index < -0.39 is 36.0 Å². The highest BCUT2D eigenvalue weighted by Crippen LogP contribution is 2.36. The zero-order valence-electron chi connectivity index (χ0n) is 19.6. The van der Waals surface area contributed by atoms with Crippen LogP contribution in [0.15, 0.2) is 47.5 Å². The summed E-state index contributed by atoms with van der Waals surface area (Å²) in [4.78, 5) is 27.3. The van der Waals surface area contributed by atoms with Crippen molar-refractivity contribution in [3.8, 4) is 11.3 Å². The summed E-state index contributed by atoms with van der Waals surface area (Å²) in [7, 11) is 0. The molecule has 0 amide bonds. The van der Waals surface area contributed by atoms with Gasteiger partial charge in [0.25, 0.3) is 5.56 Å². The summed E-state index contributed by atoms with van der Waals surface area (Å²) in [5.41, 5.74) is 1.27. The number of fused-ring (bicyclic) bond motifs is 1. The van der Waals surface area contributed by atoms with Crippen LogP contribution in [-0.4, -0.2) is 38.6 Å². The predicted octanol–water partition coefficient (Wildman–Crippen LogP) is 4.53. The van der Waals surface area contributed by atoms with Gasteiger partial charge in [0.1, 0.15) is 35.8 Å². The Balaban J connectivity index is 1.70. The zero-order valence-corrected chi connectivity index (χ0v) is 19.6. The van der Waals surface area contributed by atoms with Crippen molar-refractivity contribution in [3.63, 3.8) is 0 Å². The van der Waals surface area contributed by atoms with E-state index in [1.807, 2.05) is 0 Å². The van der Waals surface area contributed by atoms with Gasteiger partial charge in [0.15, 0.2) is 5.65 Å². The number of morpholine rings is 1. The van der Waals surface area contributed by atoms with Crippen LogP contribution in [0.4, 0.5) is 23.4 Å². The van der Waals surface area contributed by atoms with Crippen LogP contribution in [0.3, 0.4) is 0 Å². The number of hydrogen-bond acceptors (Lipinski definition) is 6. The Kier molecular flexibility index (Phi) is 5.74. The van der Waals surface area contributed by atoms with Crippen molar-refractivity contribution < 1.29 is 22.3 Å². The fourth-order valence-electron chi connectivity index (χ4n) is 4.22. The first kappa shape index (κ1) is 23.9. The zero-order chi connectivity index (χ0) is 25.8. The molecule has 4 aromatic rings. The highest BCUT2D eigenvalue weighted by atomic mass is 19.3. The molecule has 3 aromatic heterocycles. The summed E-state index contributed by atoms with van der Waals surface area (Å²) in [6.45, 7) is 4.08. The molecule has 11 heteroatoms. The molecule has 1 unspecified atom stereocenters. The van der Waals surface area contributed by atoms with Crippen molar-refractivity contribution in [3.05, 3.63) is 87.2 Å². The number of anilines is 1. The van der Waals surface area contributed by atoms with Gasteiger partial charge in [0.2, 0.25) is 0 Å². The van der Waals surface area contributed by atoms with Gasteiger partial charge < -0.3 is 9.64 Å². The van der Waals surface area contributed by atoms with Gasteiger partial charge in [-0.1, -0.05) is 0 Å². The summed E-state index contributed by atoms with van der Waals surface area (Å²) >= 11 is 0. The minimum Gasteiger partial charge on any atom is -0.344 e. The van der Waals surface area contributed by atoms with Crippen LogP contribution in [0.5, 0.6) is 0 Å². The maximum Gasteiger partial charge on any atom is 0.373 e. The Morgan fingerprint density at radius 1 is 1.08 bits per heavy atom. The lowest BCUT2D eigenvalue weighted by molar-refractivity contribution is -0.269.